The number of hydrogen-bond acceptors (Lipinski definition) is 4. The molecule has 2 aliphatic rings. The molecule has 0 radical (unpaired) electrons. The first-order valence-electron chi connectivity index (χ1n) is 8.75. The fourth-order valence-electron chi connectivity index (χ4n) is 4.02. The molecule has 2 aliphatic carbocycles. The van der Waals surface area contributed by atoms with Crippen LogP contribution in [-0.4, -0.2) is 21.3 Å². The van der Waals surface area contributed by atoms with Gasteiger partial charge in [0.05, 0.1) is 0 Å². The van der Waals surface area contributed by atoms with Crippen LogP contribution in [0.2, 0.25) is 0 Å². The van der Waals surface area contributed by atoms with Gasteiger partial charge in [-0.25, -0.2) is 4.39 Å². The van der Waals surface area contributed by atoms with Crippen LogP contribution in [0.15, 0.2) is 28.8 Å². The molecule has 2 aromatic rings. The van der Waals surface area contributed by atoms with E-state index in [0.29, 0.717) is 28.4 Å². The lowest BCUT2D eigenvalue weighted by molar-refractivity contribution is 0.350. The van der Waals surface area contributed by atoms with Crippen molar-refractivity contribution in [2.45, 2.75) is 44.7 Å². The zero-order valence-electron chi connectivity index (χ0n) is 14.0. The van der Waals surface area contributed by atoms with Crippen molar-refractivity contribution in [3.63, 3.8) is 0 Å². The molecule has 4 atom stereocenters. The highest BCUT2D eigenvalue weighted by Gasteiger charge is 2.39. The van der Waals surface area contributed by atoms with Crippen molar-refractivity contribution in [1.82, 2.24) is 20.8 Å². The van der Waals surface area contributed by atoms with E-state index >= 15 is 0 Å². The lowest BCUT2D eigenvalue weighted by Crippen LogP contribution is -2.44. The number of nitrogens with one attached hydrogen (secondary N) is 2. The summed E-state index contributed by atoms with van der Waals surface area (Å²) >= 11 is 5.44. The summed E-state index contributed by atoms with van der Waals surface area (Å²) in [5.74, 6) is 2.23. The maximum atomic E-state index is 13.0. The van der Waals surface area contributed by atoms with Gasteiger partial charge in [-0.3, -0.25) is 0 Å². The smallest absolute Gasteiger partial charge is 0.249 e. The van der Waals surface area contributed by atoms with Crippen LogP contribution in [0.3, 0.4) is 0 Å². The van der Waals surface area contributed by atoms with E-state index < -0.39 is 0 Å². The molecule has 25 heavy (non-hydrogen) atoms. The summed E-state index contributed by atoms with van der Waals surface area (Å²) in [4.78, 5) is 4.38. The zero-order valence-corrected chi connectivity index (χ0v) is 14.9. The molecular weight excluding hydrogens is 339 g/mol. The Labute approximate surface area is 151 Å². The van der Waals surface area contributed by atoms with Crippen LogP contribution in [0.4, 0.5) is 4.39 Å². The molecule has 0 spiro atoms. The quantitative estimate of drug-likeness (QED) is 0.813. The third-order valence-electron chi connectivity index (χ3n) is 5.32. The van der Waals surface area contributed by atoms with Gasteiger partial charge in [-0.2, -0.15) is 4.98 Å². The number of hydrogen-bond donors (Lipinski definition) is 2. The summed E-state index contributed by atoms with van der Waals surface area (Å²) in [6.07, 6.45) is 5.23. The number of benzene rings is 1. The molecule has 7 heteroatoms. The van der Waals surface area contributed by atoms with Gasteiger partial charge < -0.3 is 15.2 Å². The van der Waals surface area contributed by atoms with Crippen molar-refractivity contribution in [3.05, 3.63) is 36.0 Å². The average Bonchev–Trinajstić information content (AvgIpc) is 3.32. The molecule has 4 rings (SSSR count). The van der Waals surface area contributed by atoms with Crippen LogP contribution in [0.25, 0.3) is 11.4 Å². The molecule has 5 nitrogen and oxygen atoms in total. The fraction of sp³-hybridized carbons (Fsp3) is 0.500. The Balaban J connectivity index is 1.35. The molecule has 1 heterocycles. The van der Waals surface area contributed by atoms with Crippen molar-refractivity contribution in [2.75, 3.05) is 0 Å². The molecule has 2 fully saturated rings. The Morgan fingerprint density at radius 3 is 2.76 bits per heavy atom. The van der Waals surface area contributed by atoms with Crippen molar-refractivity contribution < 1.29 is 8.91 Å². The Bertz CT molecular complexity index is 763. The van der Waals surface area contributed by atoms with E-state index in [1.165, 1.54) is 37.8 Å². The summed E-state index contributed by atoms with van der Waals surface area (Å²) in [5, 5.41) is 11.3. The zero-order chi connectivity index (χ0) is 17.4. The normalized spacial score (nSPS) is 25.8. The Morgan fingerprint density at radius 2 is 2.08 bits per heavy atom. The number of fused-ring (bicyclic) bond motifs is 2. The molecule has 132 valence electrons. The van der Waals surface area contributed by atoms with E-state index in [0.717, 1.165) is 11.8 Å². The molecule has 2 bridgehead atoms. The third kappa shape index (κ3) is 3.51. The summed E-state index contributed by atoms with van der Waals surface area (Å²) in [7, 11) is 0. The Hall–Kier alpha value is -2.02. The predicted octanol–water partition coefficient (Wildman–Crippen LogP) is 3.59. The minimum Gasteiger partial charge on any atom is -0.360 e. The maximum Gasteiger partial charge on any atom is 0.249 e. The van der Waals surface area contributed by atoms with Gasteiger partial charge in [0, 0.05) is 11.6 Å². The predicted molar refractivity (Wildman–Crippen MR) is 96.2 cm³/mol. The molecule has 2 N–H and O–H groups in total. The van der Waals surface area contributed by atoms with Crippen LogP contribution in [0.1, 0.15) is 44.5 Å². The standard InChI is InChI=1S/C18H21FN4OS/c1-10(20-18(25)21-15-9-11-2-3-13(15)8-11)17-22-16(23-24-17)12-4-6-14(19)7-5-12/h4-7,10-11,13,15H,2-3,8-9H2,1H3,(H2,20,21,25)/t10-,11+,13+,15+/m1/s1. The van der Waals surface area contributed by atoms with Crippen LogP contribution < -0.4 is 10.6 Å². The lowest BCUT2D eigenvalue weighted by atomic mass is 9.95. The van der Waals surface area contributed by atoms with Crippen LogP contribution in [0, 0.1) is 17.7 Å². The van der Waals surface area contributed by atoms with E-state index in [1.807, 2.05) is 6.92 Å². The van der Waals surface area contributed by atoms with E-state index in [9.17, 15) is 4.39 Å². The fourth-order valence-corrected chi connectivity index (χ4v) is 4.35. The summed E-state index contributed by atoms with van der Waals surface area (Å²) in [6.45, 7) is 1.93. The second-order valence-electron chi connectivity index (χ2n) is 7.08. The molecule has 2 saturated carbocycles. The lowest BCUT2D eigenvalue weighted by Gasteiger charge is -2.25. The van der Waals surface area contributed by atoms with Gasteiger partial charge in [-0.1, -0.05) is 11.6 Å². The molecule has 0 saturated heterocycles. The Kier molecular flexibility index (Phi) is 4.41. The van der Waals surface area contributed by atoms with Crippen LogP contribution in [0.5, 0.6) is 0 Å². The second kappa shape index (κ2) is 6.71. The number of nitrogens with zero attached hydrogens (tertiary/aromatic N) is 2. The number of halogens is 1. The van der Waals surface area contributed by atoms with Gasteiger partial charge in [0.15, 0.2) is 5.11 Å². The molecule has 1 aromatic heterocycles. The van der Waals surface area contributed by atoms with Gasteiger partial charge in [0.1, 0.15) is 11.9 Å². The number of thiocarbonyl (C=S) groups is 1. The van der Waals surface area contributed by atoms with Crippen molar-refractivity contribution in [1.29, 1.82) is 0 Å². The topological polar surface area (TPSA) is 63.0 Å². The van der Waals surface area contributed by atoms with Gasteiger partial charge >= 0.3 is 0 Å². The van der Waals surface area contributed by atoms with E-state index in [-0.39, 0.29) is 11.9 Å². The summed E-state index contributed by atoms with van der Waals surface area (Å²) in [5.41, 5.74) is 0.714. The molecule has 0 aliphatic heterocycles. The van der Waals surface area contributed by atoms with Crippen molar-refractivity contribution in [3.8, 4) is 11.4 Å². The van der Waals surface area contributed by atoms with Gasteiger partial charge in [0.2, 0.25) is 11.7 Å². The van der Waals surface area contributed by atoms with Crippen molar-refractivity contribution in [2.24, 2.45) is 11.8 Å². The SMILES string of the molecule is C[C@@H](NC(=S)N[C@H]1C[C@H]2CC[C@H]1C2)c1nc(-c2ccc(F)cc2)no1. The highest BCUT2D eigenvalue weighted by atomic mass is 32.1. The Morgan fingerprint density at radius 1 is 1.28 bits per heavy atom. The highest BCUT2D eigenvalue weighted by molar-refractivity contribution is 7.80. The van der Waals surface area contributed by atoms with Gasteiger partial charge in [-0.15, -0.1) is 0 Å². The third-order valence-corrected chi connectivity index (χ3v) is 5.55. The van der Waals surface area contributed by atoms with Crippen LogP contribution in [-0.2, 0) is 0 Å². The number of rotatable bonds is 4. The van der Waals surface area contributed by atoms with E-state index in [4.69, 9.17) is 16.7 Å². The summed E-state index contributed by atoms with van der Waals surface area (Å²) < 4.78 is 18.3. The molecule has 0 amide bonds. The first kappa shape index (κ1) is 16.4. The number of aromatic nitrogens is 2. The maximum absolute atomic E-state index is 13.0. The average molecular weight is 360 g/mol. The first-order valence-corrected chi connectivity index (χ1v) is 9.16. The molecule has 0 unspecified atom stereocenters. The van der Waals surface area contributed by atoms with Crippen molar-refractivity contribution >= 4 is 17.3 Å². The largest absolute Gasteiger partial charge is 0.360 e. The highest BCUT2D eigenvalue weighted by Crippen LogP contribution is 2.44. The second-order valence-corrected chi connectivity index (χ2v) is 7.49. The monoisotopic (exact) mass is 360 g/mol. The minimum absolute atomic E-state index is 0.194. The molecule has 1 aromatic carbocycles. The molecular formula is C18H21FN4OS. The summed E-state index contributed by atoms with van der Waals surface area (Å²) in [6, 6.07) is 6.30. The minimum atomic E-state index is -0.292. The van der Waals surface area contributed by atoms with E-state index in [2.05, 4.69) is 20.8 Å². The van der Waals surface area contributed by atoms with Gasteiger partial charge in [-0.05, 0) is 74.5 Å². The van der Waals surface area contributed by atoms with Gasteiger partial charge in [0.25, 0.3) is 0 Å². The van der Waals surface area contributed by atoms with Crippen LogP contribution >= 0.6 is 12.2 Å². The first-order chi connectivity index (χ1) is 12.1. The van der Waals surface area contributed by atoms with E-state index in [1.54, 1.807) is 12.1 Å².